The molecule has 0 radical (unpaired) electrons. The van der Waals surface area contributed by atoms with E-state index in [1.165, 1.54) is 0 Å². The molecule has 1 aliphatic carbocycles. The first-order valence-electron chi connectivity index (χ1n) is 9.84. The van der Waals surface area contributed by atoms with Gasteiger partial charge in [0.15, 0.2) is 11.6 Å². The predicted octanol–water partition coefficient (Wildman–Crippen LogP) is 3.58. The Morgan fingerprint density at radius 3 is 2.52 bits per heavy atom. The molecular weight excluding hydrogens is 370 g/mol. The highest BCUT2D eigenvalue weighted by molar-refractivity contribution is 5.90. The number of hydrogen-bond donors (Lipinski definition) is 2. The zero-order valence-corrected chi connectivity index (χ0v) is 16.8. The van der Waals surface area contributed by atoms with Crippen LogP contribution in [0.15, 0.2) is 35.1 Å². The van der Waals surface area contributed by atoms with E-state index in [-0.39, 0.29) is 11.9 Å². The van der Waals surface area contributed by atoms with Gasteiger partial charge in [0, 0.05) is 24.2 Å². The number of aryl methyl sites for hydroxylation is 1. The topological polar surface area (TPSA) is 111 Å². The first-order chi connectivity index (χ1) is 13.9. The van der Waals surface area contributed by atoms with Crippen molar-refractivity contribution in [3.63, 3.8) is 0 Å². The maximum atomic E-state index is 12.7. The van der Waals surface area contributed by atoms with Crippen LogP contribution in [0.25, 0.3) is 11.4 Å². The van der Waals surface area contributed by atoms with Crippen molar-refractivity contribution in [1.29, 1.82) is 0 Å². The lowest BCUT2D eigenvalue weighted by atomic mass is 9.97. The maximum absolute atomic E-state index is 12.7. The Bertz CT molecular complexity index is 984. The van der Waals surface area contributed by atoms with Gasteiger partial charge in [0.1, 0.15) is 11.9 Å². The molecule has 0 bridgehead atoms. The highest BCUT2D eigenvalue weighted by Gasteiger charge is 2.41. The fourth-order valence-corrected chi connectivity index (χ4v) is 3.60. The van der Waals surface area contributed by atoms with Crippen molar-refractivity contribution in [2.24, 2.45) is 7.05 Å². The van der Waals surface area contributed by atoms with E-state index >= 15 is 0 Å². The van der Waals surface area contributed by atoms with E-state index in [1.54, 1.807) is 11.0 Å². The van der Waals surface area contributed by atoms with Gasteiger partial charge in [0.05, 0.1) is 0 Å². The van der Waals surface area contributed by atoms with Crippen LogP contribution in [0.1, 0.15) is 57.2 Å². The average molecular weight is 395 g/mol. The lowest BCUT2D eigenvalue weighted by molar-refractivity contribution is 0.232. The molecule has 2 heterocycles. The van der Waals surface area contributed by atoms with E-state index in [9.17, 15) is 4.79 Å². The molecule has 1 aromatic carbocycles. The molecule has 3 aromatic rings. The summed E-state index contributed by atoms with van der Waals surface area (Å²) in [6.45, 7) is 4.01. The van der Waals surface area contributed by atoms with E-state index in [4.69, 9.17) is 4.52 Å². The van der Waals surface area contributed by atoms with E-state index < -0.39 is 5.54 Å². The molecule has 0 aliphatic heterocycles. The standard InChI is InChI=1S/C20H25N7O2/c1-13(2)17-23-18(26-29-17)20(10-4-5-11-20)24-19(28)22-15-8-6-14(7-9-15)16-21-12-27(3)25-16/h6-9,12-13H,4-5,10-11H2,1-3H3,(H2,22,24,28). The second kappa shape index (κ2) is 7.65. The number of urea groups is 1. The molecule has 0 spiro atoms. The van der Waals surface area contributed by atoms with Crippen LogP contribution in [0, 0.1) is 0 Å². The van der Waals surface area contributed by atoms with Gasteiger partial charge < -0.3 is 15.2 Å². The van der Waals surface area contributed by atoms with Gasteiger partial charge in [0.2, 0.25) is 5.89 Å². The number of amides is 2. The first kappa shape index (κ1) is 19.1. The predicted molar refractivity (Wildman–Crippen MR) is 107 cm³/mol. The van der Waals surface area contributed by atoms with Gasteiger partial charge in [-0.15, -0.1) is 0 Å². The van der Waals surface area contributed by atoms with E-state index in [2.05, 4.69) is 30.9 Å². The summed E-state index contributed by atoms with van der Waals surface area (Å²) >= 11 is 0. The zero-order valence-electron chi connectivity index (χ0n) is 16.8. The molecule has 1 fully saturated rings. The molecular formula is C20H25N7O2. The molecule has 152 valence electrons. The number of aromatic nitrogens is 5. The first-order valence-corrected chi connectivity index (χ1v) is 9.84. The van der Waals surface area contributed by atoms with Gasteiger partial charge in [-0.05, 0) is 37.1 Å². The number of carbonyl (C=O) groups is 1. The Hall–Kier alpha value is -3.23. The van der Waals surface area contributed by atoms with Crippen LogP contribution < -0.4 is 10.6 Å². The average Bonchev–Trinajstić information content (AvgIpc) is 3.43. The SMILES string of the molecule is CC(C)c1nc(C2(NC(=O)Nc3ccc(-c4ncn(C)n4)cc3)CCCC2)no1. The third-order valence-corrected chi connectivity index (χ3v) is 5.17. The summed E-state index contributed by atoms with van der Waals surface area (Å²) in [5, 5.41) is 14.4. The fraction of sp³-hybridized carbons (Fsp3) is 0.450. The molecule has 29 heavy (non-hydrogen) atoms. The summed E-state index contributed by atoms with van der Waals surface area (Å²) in [7, 11) is 1.82. The van der Waals surface area contributed by atoms with Gasteiger partial charge in [-0.2, -0.15) is 10.1 Å². The Morgan fingerprint density at radius 1 is 1.21 bits per heavy atom. The van der Waals surface area contributed by atoms with Gasteiger partial charge in [-0.3, -0.25) is 4.68 Å². The highest BCUT2D eigenvalue weighted by Crippen LogP contribution is 2.37. The highest BCUT2D eigenvalue weighted by atomic mass is 16.5. The number of nitrogens with zero attached hydrogens (tertiary/aromatic N) is 5. The summed E-state index contributed by atoms with van der Waals surface area (Å²) in [4.78, 5) is 21.5. The second-order valence-corrected chi connectivity index (χ2v) is 7.80. The summed E-state index contributed by atoms with van der Waals surface area (Å²) in [5.41, 5.74) is 0.988. The monoisotopic (exact) mass is 395 g/mol. The Labute approximate surface area is 168 Å². The molecule has 0 unspecified atom stereocenters. The second-order valence-electron chi connectivity index (χ2n) is 7.80. The van der Waals surface area contributed by atoms with Crippen molar-refractivity contribution in [2.45, 2.75) is 51.0 Å². The maximum Gasteiger partial charge on any atom is 0.320 e. The number of carbonyl (C=O) groups excluding carboxylic acids is 1. The summed E-state index contributed by atoms with van der Waals surface area (Å²) < 4.78 is 7.03. The number of nitrogens with one attached hydrogen (secondary N) is 2. The van der Waals surface area contributed by atoms with Crippen molar-refractivity contribution in [1.82, 2.24) is 30.2 Å². The van der Waals surface area contributed by atoms with Crippen LogP contribution in [0.4, 0.5) is 10.5 Å². The largest absolute Gasteiger partial charge is 0.339 e. The van der Waals surface area contributed by atoms with E-state index in [0.29, 0.717) is 23.2 Å². The van der Waals surface area contributed by atoms with Crippen LogP contribution in [-0.2, 0) is 12.6 Å². The minimum Gasteiger partial charge on any atom is -0.339 e. The number of anilines is 1. The number of rotatable bonds is 5. The molecule has 2 amide bonds. The smallest absolute Gasteiger partial charge is 0.320 e. The molecule has 9 heteroatoms. The molecule has 9 nitrogen and oxygen atoms in total. The van der Waals surface area contributed by atoms with Crippen LogP contribution in [0.5, 0.6) is 0 Å². The summed E-state index contributed by atoms with van der Waals surface area (Å²) in [6.07, 6.45) is 5.26. The third-order valence-electron chi connectivity index (χ3n) is 5.17. The van der Waals surface area contributed by atoms with E-state index in [0.717, 1.165) is 31.2 Å². The quantitative estimate of drug-likeness (QED) is 0.683. The Balaban J connectivity index is 1.46. The molecule has 1 aliphatic rings. The number of benzene rings is 1. The Kier molecular flexibility index (Phi) is 5.04. The molecule has 1 saturated carbocycles. The third kappa shape index (κ3) is 3.98. The molecule has 0 saturated heterocycles. The van der Waals surface area contributed by atoms with Crippen LogP contribution in [0.3, 0.4) is 0 Å². The fourth-order valence-electron chi connectivity index (χ4n) is 3.60. The van der Waals surface area contributed by atoms with Crippen LogP contribution in [-0.4, -0.2) is 30.9 Å². The van der Waals surface area contributed by atoms with Crippen molar-refractivity contribution >= 4 is 11.7 Å². The lowest BCUT2D eigenvalue weighted by Gasteiger charge is -2.26. The molecule has 2 N–H and O–H groups in total. The molecule has 4 rings (SSSR count). The van der Waals surface area contributed by atoms with Crippen LogP contribution in [0.2, 0.25) is 0 Å². The zero-order chi connectivity index (χ0) is 20.4. The van der Waals surface area contributed by atoms with Gasteiger partial charge in [0.25, 0.3) is 0 Å². The minimum atomic E-state index is -0.585. The van der Waals surface area contributed by atoms with Gasteiger partial charge in [-0.1, -0.05) is 31.8 Å². The Morgan fingerprint density at radius 2 is 1.93 bits per heavy atom. The van der Waals surface area contributed by atoms with Gasteiger partial charge in [-0.25, -0.2) is 9.78 Å². The van der Waals surface area contributed by atoms with Crippen molar-refractivity contribution in [3.8, 4) is 11.4 Å². The normalized spacial score (nSPS) is 15.6. The molecule has 2 aromatic heterocycles. The van der Waals surface area contributed by atoms with Crippen LogP contribution >= 0.6 is 0 Å². The van der Waals surface area contributed by atoms with Crippen molar-refractivity contribution in [2.75, 3.05) is 5.32 Å². The number of hydrogen-bond acceptors (Lipinski definition) is 6. The van der Waals surface area contributed by atoms with Gasteiger partial charge >= 0.3 is 6.03 Å². The summed E-state index contributed by atoms with van der Waals surface area (Å²) in [6, 6.07) is 7.14. The lowest BCUT2D eigenvalue weighted by Crippen LogP contribution is -2.46. The summed E-state index contributed by atoms with van der Waals surface area (Å²) in [5.74, 6) is 1.94. The van der Waals surface area contributed by atoms with Crippen molar-refractivity contribution < 1.29 is 9.32 Å². The minimum absolute atomic E-state index is 0.149. The van der Waals surface area contributed by atoms with E-state index in [1.807, 2.05) is 45.2 Å². The van der Waals surface area contributed by atoms with Crippen molar-refractivity contribution in [3.05, 3.63) is 42.3 Å². The molecule has 0 atom stereocenters.